The molecule has 1 fully saturated rings. The molecule has 1 aromatic carbocycles. The summed E-state index contributed by atoms with van der Waals surface area (Å²) in [6.07, 6.45) is 0.923. The van der Waals surface area contributed by atoms with E-state index in [0.717, 1.165) is 18.6 Å². The molecule has 1 aliphatic carbocycles. The molecule has 0 saturated heterocycles. The number of benzene rings is 1. The number of esters is 1. The van der Waals surface area contributed by atoms with Crippen LogP contribution >= 0.6 is 0 Å². The number of ether oxygens (including phenoxy) is 2. The summed E-state index contributed by atoms with van der Waals surface area (Å²) in [6.45, 7) is 9.87. The van der Waals surface area contributed by atoms with Crippen LogP contribution in [0.25, 0.3) is 0 Å². The molecule has 1 aromatic rings. The van der Waals surface area contributed by atoms with Crippen LogP contribution in [0, 0.1) is 11.3 Å². The van der Waals surface area contributed by atoms with Crippen LogP contribution in [0.2, 0.25) is 0 Å². The van der Waals surface area contributed by atoms with Crippen molar-refractivity contribution in [1.29, 1.82) is 0 Å². The fraction of sp³-hybridized carbons (Fsp3) is 0.526. The van der Waals surface area contributed by atoms with Gasteiger partial charge in [0.1, 0.15) is 0 Å². The van der Waals surface area contributed by atoms with Gasteiger partial charge in [-0.15, -0.1) is 0 Å². The molecule has 0 aromatic heterocycles. The maximum Gasteiger partial charge on any atom is 0.333 e. The lowest BCUT2D eigenvalue weighted by Gasteiger charge is -2.48. The maximum absolute atomic E-state index is 11.9. The topological polar surface area (TPSA) is 35.5 Å². The minimum Gasteiger partial charge on any atom is -0.463 e. The van der Waals surface area contributed by atoms with Crippen LogP contribution in [0.5, 0.6) is 0 Å². The van der Waals surface area contributed by atoms with Gasteiger partial charge < -0.3 is 9.47 Å². The standard InChI is InChI=1S/C19H26O3/c1-5-22-18(20)14(2)17-11-16(19(17,3)4)13-21-12-15-9-7-6-8-10-15/h6-10,16H,5,11-13H2,1-4H3. The smallest absolute Gasteiger partial charge is 0.333 e. The molecule has 0 bridgehead atoms. The number of carbonyl (C=O) groups is 1. The summed E-state index contributed by atoms with van der Waals surface area (Å²) < 4.78 is 11.0. The van der Waals surface area contributed by atoms with Gasteiger partial charge in [-0.25, -0.2) is 4.79 Å². The molecule has 1 unspecified atom stereocenters. The van der Waals surface area contributed by atoms with E-state index in [0.29, 0.717) is 19.1 Å². The van der Waals surface area contributed by atoms with E-state index < -0.39 is 0 Å². The molecule has 120 valence electrons. The lowest BCUT2D eigenvalue weighted by Crippen LogP contribution is -2.42. The zero-order valence-corrected chi connectivity index (χ0v) is 14.0. The summed E-state index contributed by atoms with van der Waals surface area (Å²) in [5.74, 6) is 0.268. The Hall–Kier alpha value is -1.61. The van der Waals surface area contributed by atoms with Crippen LogP contribution in [0.3, 0.4) is 0 Å². The van der Waals surface area contributed by atoms with Gasteiger partial charge in [0, 0.05) is 5.57 Å². The third-order valence-electron chi connectivity index (χ3n) is 4.71. The minimum absolute atomic E-state index is 0.00747. The Kier molecular flexibility index (Phi) is 5.41. The molecule has 0 heterocycles. The molecule has 3 nitrogen and oxygen atoms in total. The lowest BCUT2D eigenvalue weighted by molar-refractivity contribution is -0.138. The van der Waals surface area contributed by atoms with Crippen molar-refractivity contribution in [1.82, 2.24) is 0 Å². The van der Waals surface area contributed by atoms with E-state index in [1.54, 1.807) is 0 Å². The van der Waals surface area contributed by atoms with E-state index in [1.807, 2.05) is 32.0 Å². The van der Waals surface area contributed by atoms with Gasteiger partial charge in [0.15, 0.2) is 0 Å². The molecule has 3 heteroatoms. The highest BCUT2D eigenvalue weighted by Gasteiger charge is 2.45. The van der Waals surface area contributed by atoms with Crippen molar-refractivity contribution in [3.8, 4) is 0 Å². The van der Waals surface area contributed by atoms with Gasteiger partial charge in [0.05, 0.1) is 19.8 Å². The van der Waals surface area contributed by atoms with Gasteiger partial charge in [-0.2, -0.15) is 0 Å². The van der Waals surface area contributed by atoms with Crippen molar-refractivity contribution >= 4 is 5.97 Å². The third kappa shape index (κ3) is 3.58. The Morgan fingerprint density at radius 2 is 1.95 bits per heavy atom. The third-order valence-corrected chi connectivity index (χ3v) is 4.71. The molecule has 0 radical (unpaired) electrons. The maximum atomic E-state index is 11.9. The second-order valence-corrected chi connectivity index (χ2v) is 6.45. The fourth-order valence-electron chi connectivity index (χ4n) is 3.04. The minimum atomic E-state index is -0.186. The lowest BCUT2D eigenvalue weighted by atomic mass is 9.57. The van der Waals surface area contributed by atoms with Gasteiger partial charge in [-0.3, -0.25) is 0 Å². The average molecular weight is 302 g/mol. The monoisotopic (exact) mass is 302 g/mol. The second kappa shape index (κ2) is 7.10. The van der Waals surface area contributed by atoms with E-state index in [9.17, 15) is 4.79 Å². The summed E-state index contributed by atoms with van der Waals surface area (Å²) in [5.41, 5.74) is 3.18. The first kappa shape index (κ1) is 16.8. The number of hydrogen-bond donors (Lipinski definition) is 0. The molecule has 2 rings (SSSR count). The van der Waals surface area contributed by atoms with Crippen molar-refractivity contribution in [2.45, 2.75) is 40.7 Å². The predicted molar refractivity (Wildman–Crippen MR) is 87.3 cm³/mol. The second-order valence-electron chi connectivity index (χ2n) is 6.45. The van der Waals surface area contributed by atoms with E-state index in [-0.39, 0.29) is 11.4 Å². The first-order valence-corrected chi connectivity index (χ1v) is 7.95. The Morgan fingerprint density at radius 3 is 2.55 bits per heavy atom. The zero-order chi connectivity index (χ0) is 16.2. The molecule has 0 spiro atoms. The molecule has 1 aliphatic rings. The van der Waals surface area contributed by atoms with Crippen LogP contribution < -0.4 is 0 Å². The molecule has 1 saturated carbocycles. The van der Waals surface area contributed by atoms with Crippen molar-refractivity contribution in [2.75, 3.05) is 13.2 Å². The van der Waals surface area contributed by atoms with Crippen LogP contribution in [0.15, 0.2) is 41.5 Å². The number of allylic oxidation sites excluding steroid dienone is 1. The molecule has 1 atom stereocenters. The quantitative estimate of drug-likeness (QED) is 0.585. The molecular weight excluding hydrogens is 276 g/mol. The van der Waals surface area contributed by atoms with Crippen LogP contribution in [-0.4, -0.2) is 19.2 Å². The average Bonchev–Trinajstić information content (AvgIpc) is 2.50. The van der Waals surface area contributed by atoms with Gasteiger partial charge in [-0.1, -0.05) is 49.8 Å². The summed E-state index contributed by atoms with van der Waals surface area (Å²) in [4.78, 5) is 11.9. The molecular formula is C19H26O3. The normalized spacial score (nSPS) is 21.9. The molecule has 22 heavy (non-hydrogen) atoms. The van der Waals surface area contributed by atoms with E-state index >= 15 is 0 Å². The highest BCUT2D eigenvalue weighted by molar-refractivity contribution is 5.89. The molecule has 0 N–H and O–H groups in total. The first-order chi connectivity index (χ1) is 10.5. The summed E-state index contributed by atoms with van der Waals surface area (Å²) >= 11 is 0. The van der Waals surface area contributed by atoms with Crippen LogP contribution in [0.1, 0.15) is 39.7 Å². The van der Waals surface area contributed by atoms with Gasteiger partial charge >= 0.3 is 5.97 Å². The van der Waals surface area contributed by atoms with E-state index in [2.05, 4.69) is 26.0 Å². The van der Waals surface area contributed by atoms with Crippen molar-refractivity contribution in [3.63, 3.8) is 0 Å². The number of rotatable bonds is 6. The highest BCUT2D eigenvalue weighted by atomic mass is 16.5. The molecule has 0 amide bonds. The SMILES string of the molecule is CCOC(=O)C(C)=C1CC(COCc2ccccc2)C1(C)C. The zero-order valence-electron chi connectivity index (χ0n) is 14.0. The summed E-state index contributed by atoms with van der Waals surface area (Å²) in [7, 11) is 0. The Balaban J connectivity index is 1.88. The summed E-state index contributed by atoms with van der Waals surface area (Å²) in [6, 6.07) is 10.2. The van der Waals surface area contributed by atoms with Gasteiger partial charge in [0.2, 0.25) is 0 Å². The van der Waals surface area contributed by atoms with Crippen molar-refractivity contribution in [3.05, 3.63) is 47.0 Å². The van der Waals surface area contributed by atoms with E-state index in [4.69, 9.17) is 9.47 Å². The number of carbonyl (C=O) groups excluding carboxylic acids is 1. The van der Waals surface area contributed by atoms with Crippen LogP contribution in [-0.2, 0) is 20.9 Å². The predicted octanol–water partition coefficient (Wildman–Crippen LogP) is 4.13. The Labute approximate surface area is 133 Å². The van der Waals surface area contributed by atoms with Crippen molar-refractivity contribution < 1.29 is 14.3 Å². The largest absolute Gasteiger partial charge is 0.463 e. The first-order valence-electron chi connectivity index (χ1n) is 7.95. The van der Waals surface area contributed by atoms with Crippen molar-refractivity contribution in [2.24, 2.45) is 11.3 Å². The van der Waals surface area contributed by atoms with Crippen LogP contribution in [0.4, 0.5) is 0 Å². The fourth-order valence-corrected chi connectivity index (χ4v) is 3.04. The Bertz CT molecular complexity index is 543. The van der Waals surface area contributed by atoms with Gasteiger partial charge in [-0.05, 0) is 37.2 Å². The molecule has 0 aliphatic heterocycles. The number of hydrogen-bond acceptors (Lipinski definition) is 3. The Morgan fingerprint density at radius 1 is 1.27 bits per heavy atom. The van der Waals surface area contributed by atoms with Gasteiger partial charge in [0.25, 0.3) is 0 Å². The summed E-state index contributed by atoms with van der Waals surface area (Å²) in [5, 5.41) is 0. The highest BCUT2D eigenvalue weighted by Crippen LogP contribution is 2.52. The van der Waals surface area contributed by atoms with E-state index in [1.165, 1.54) is 11.1 Å².